The van der Waals surface area contributed by atoms with E-state index in [2.05, 4.69) is 4.74 Å². The van der Waals surface area contributed by atoms with Gasteiger partial charge in [-0.15, -0.1) is 0 Å². The first-order chi connectivity index (χ1) is 10.1. The van der Waals surface area contributed by atoms with E-state index in [0.29, 0.717) is 11.3 Å². The molecule has 1 heterocycles. The molecule has 0 saturated heterocycles. The van der Waals surface area contributed by atoms with Crippen molar-refractivity contribution in [2.24, 2.45) is 0 Å². The third kappa shape index (κ3) is 2.58. The summed E-state index contributed by atoms with van der Waals surface area (Å²) in [6.45, 7) is 0. The minimum Gasteiger partial charge on any atom is -0.497 e. The summed E-state index contributed by atoms with van der Waals surface area (Å²) in [6, 6.07) is 10.3. The van der Waals surface area contributed by atoms with Gasteiger partial charge in [0.15, 0.2) is 0 Å². The highest BCUT2D eigenvalue weighted by molar-refractivity contribution is 5.91. The van der Waals surface area contributed by atoms with Gasteiger partial charge in [0.1, 0.15) is 24.0 Å². The summed E-state index contributed by atoms with van der Waals surface area (Å²) in [6.07, 6.45) is 0.371. The monoisotopic (exact) mass is 284 g/mol. The van der Waals surface area contributed by atoms with Gasteiger partial charge in [-0.25, -0.2) is 4.79 Å². The van der Waals surface area contributed by atoms with Gasteiger partial charge in [0, 0.05) is 0 Å². The maximum atomic E-state index is 11.8. The topological polar surface area (TPSA) is 92.3 Å². The summed E-state index contributed by atoms with van der Waals surface area (Å²) >= 11 is 0. The predicted octanol–water partition coefficient (Wildman–Crippen LogP) is 1.65. The Kier molecular flexibility index (Phi) is 3.93. The molecule has 0 aromatic heterocycles. The minimum atomic E-state index is -1.78. The molecular formula is C15H12N2O4. The van der Waals surface area contributed by atoms with E-state index < -0.39 is 17.7 Å². The van der Waals surface area contributed by atoms with Crippen molar-refractivity contribution in [3.8, 4) is 17.9 Å². The number of rotatable bonds is 3. The molecule has 1 aliphatic heterocycles. The van der Waals surface area contributed by atoms with Crippen LogP contribution in [0.4, 0.5) is 0 Å². The van der Waals surface area contributed by atoms with Gasteiger partial charge >= 0.3 is 5.97 Å². The van der Waals surface area contributed by atoms with Crippen molar-refractivity contribution >= 4 is 5.97 Å². The van der Waals surface area contributed by atoms with E-state index in [0.717, 1.165) is 0 Å². The predicted molar refractivity (Wildman–Crippen MR) is 70.9 cm³/mol. The van der Waals surface area contributed by atoms with Gasteiger partial charge in [-0.1, -0.05) is 12.1 Å². The van der Waals surface area contributed by atoms with Crippen LogP contribution in [0.15, 0.2) is 35.9 Å². The molecule has 0 N–H and O–H groups in total. The van der Waals surface area contributed by atoms with Gasteiger partial charge in [-0.05, 0) is 23.8 Å². The molecule has 0 fully saturated rings. The van der Waals surface area contributed by atoms with Gasteiger partial charge in [-0.3, -0.25) is 0 Å². The molecule has 0 aliphatic carbocycles. The molecule has 0 spiro atoms. The van der Waals surface area contributed by atoms with Crippen LogP contribution in [0.2, 0.25) is 0 Å². The highest BCUT2D eigenvalue weighted by Gasteiger charge is 2.44. The molecule has 21 heavy (non-hydrogen) atoms. The second-order valence-electron chi connectivity index (χ2n) is 4.32. The molecular weight excluding hydrogens is 272 g/mol. The lowest BCUT2D eigenvalue weighted by atomic mass is 10.0. The van der Waals surface area contributed by atoms with Crippen LogP contribution in [0.25, 0.3) is 0 Å². The summed E-state index contributed by atoms with van der Waals surface area (Å²) in [5.41, 5.74) is -1.03. The molecule has 0 bridgehead atoms. The molecule has 1 aliphatic rings. The van der Waals surface area contributed by atoms with Gasteiger partial charge in [0.2, 0.25) is 0 Å². The number of hydrogen-bond acceptors (Lipinski definition) is 6. The lowest BCUT2D eigenvalue weighted by Gasteiger charge is -2.17. The van der Waals surface area contributed by atoms with Crippen LogP contribution < -0.4 is 4.74 Å². The number of carbonyl (C=O) groups is 1. The van der Waals surface area contributed by atoms with E-state index in [9.17, 15) is 4.79 Å². The highest BCUT2D eigenvalue weighted by Crippen LogP contribution is 2.39. The SMILES string of the molecule is COC(=O)C1=CC(C#N)(C#N)OC1c1ccc(OC)cc1. The van der Waals surface area contributed by atoms with Gasteiger partial charge in [-0.2, -0.15) is 10.5 Å². The largest absolute Gasteiger partial charge is 0.497 e. The van der Waals surface area contributed by atoms with E-state index in [1.54, 1.807) is 36.4 Å². The summed E-state index contributed by atoms with van der Waals surface area (Å²) in [7, 11) is 2.77. The Morgan fingerprint density at radius 2 is 1.86 bits per heavy atom. The number of nitriles is 2. The van der Waals surface area contributed by atoms with Gasteiger partial charge in [0.05, 0.1) is 19.8 Å². The van der Waals surface area contributed by atoms with Crippen molar-refractivity contribution in [2.75, 3.05) is 14.2 Å². The van der Waals surface area contributed by atoms with Crippen LogP contribution in [0.1, 0.15) is 11.7 Å². The maximum absolute atomic E-state index is 11.8. The number of nitrogens with zero attached hydrogens (tertiary/aromatic N) is 2. The molecule has 0 amide bonds. The Hall–Kier alpha value is -2.83. The molecule has 0 radical (unpaired) electrons. The third-order valence-corrected chi connectivity index (χ3v) is 3.12. The highest BCUT2D eigenvalue weighted by atomic mass is 16.5. The lowest BCUT2D eigenvalue weighted by molar-refractivity contribution is -0.137. The van der Waals surface area contributed by atoms with E-state index in [-0.39, 0.29) is 5.57 Å². The van der Waals surface area contributed by atoms with Crippen LogP contribution in [-0.4, -0.2) is 25.8 Å². The van der Waals surface area contributed by atoms with E-state index in [1.807, 2.05) is 0 Å². The van der Waals surface area contributed by atoms with Crippen molar-refractivity contribution in [1.82, 2.24) is 0 Å². The number of hydrogen-bond donors (Lipinski definition) is 0. The molecule has 1 unspecified atom stereocenters. The van der Waals surface area contributed by atoms with E-state index in [4.69, 9.17) is 20.0 Å². The summed E-state index contributed by atoms with van der Waals surface area (Å²) < 4.78 is 15.2. The van der Waals surface area contributed by atoms with Crippen LogP contribution >= 0.6 is 0 Å². The first-order valence-electron chi connectivity index (χ1n) is 6.04. The Bertz CT molecular complexity index is 650. The third-order valence-electron chi connectivity index (χ3n) is 3.12. The normalized spacial score (nSPS) is 19.0. The van der Waals surface area contributed by atoms with Crippen molar-refractivity contribution in [1.29, 1.82) is 10.5 Å². The molecule has 6 heteroatoms. The maximum Gasteiger partial charge on any atom is 0.336 e. The van der Waals surface area contributed by atoms with Crippen molar-refractivity contribution in [2.45, 2.75) is 11.7 Å². The van der Waals surface area contributed by atoms with Crippen molar-refractivity contribution in [3.05, 3.63) is 41.5 Å². The van der Waals surface area contributed by atoms with Crippen molar-refractivity contribution in [3.63, 3.8) is 0 Å². The molecule has 2 rings (SSSR count). The average molecular weight is 284 g/mol. The quantitative estimate of drug-likeness (QED) is 0.783. The van der Waals surface area contributed by atoms with Crippen LogP contribution in [0.5, 0.6) is 5.75 Å². The lowest BCUT2D eigenvalue weighted by Crippen LogP contribution is -2.22. The number of ether oxygens (including phenoxy) is 3. The van der Waals surface area contributed by atoms with Crippen molar-refractivity contribution < 1.29 is 19.0 Å². The zero-order valence-corrected chi connectivity index (χ0v) is 11.5. The molecule has 0 saturated carbocycles. The first-order valence-corrected chi connectivity index (χ1v) is 6.04. The molecule has 106 valence electrons. The Labute approximate surface area is 121 Å². The smallest absolute Gasteiger partial charge is 0.336 e. The van der Waals surface area contributed by atoms with Crippen LogP contribution in [0, 0.1) is 22.7 Å². The standard InChI is InChI=1S/C15H12N2O4/c1-19-11-5-3-10(4-6-11)13-12(14(18)20-2)7-15(8-16,9-17)21-13/h3-7,13H,1-2H3. The number of benzene rings is 1. The van der Waals surface area contributed by atoms with E-state index in [1.165, 1.54) is 20.3 Å². The summed E-state index contributed by atoms with van der Waals surface area (Å²) in [5, 5.41) is 18.2. The van der Waals surface area contributed by atoms with Crippen LogP contribution in [-0.2, 0) is 14.3 Å². The molecule has 1 aromatic rings. The summed E-state index contributed by atoms with van der Waals surface area (Å²) in [4.78, 5) is 11.8. The number of methoxy groups -OCH3 is 2. The fraction of sp³-hybridized carbons (Fsp3) is 0.267. The Balaban J connectivity index is 2.43. The van der Waals surface area contributed by atoms with Gasteiger partial charge in [0.25, 0.3) is 5.60 Å². The minimum absolute atomic E-state index is 0.130. The molecule has 1 aromatic carbocycles. The average Bonchev–Trinajstić information content (AvgIpc) is 2.95. The van der Waals surface area contributed by atoms with E-state index >= 15 is 0 Å². The Morgan fingerprint density at radius 1 is 1.24 bits per heavy atom. The first kappa shape index (κ1) is 14.6. The fourth-order valence-electron chi connectivity index (χ4n) is 2.03. The van der Waals surface area contributed by atoms with Gasteiger partial charge < -0.3 is 14.2 Å². The zero-order chi connectivity index (χ0) is 15.5. The van der Waals surface area contributed by atoms with Crippen LogP contribution in [0.3, 0.4) is 0 Å². The summed E-state index contributed by atoms with van der Waals surface area (Å²) in [5.74, 6) is 0.00960. The fourth-order valence-corrected chi connectivity index (χ4v) is 2.03. The molecule has 6 nitrogen and oxygen atoms in total. The molecule has 1 atom stereocenters. The number of esters is 1. The number of carbonyl (C=O) groups excluding carboxylic acids is 1. The second-order valence-corrected chi connectivity index (χ2v) is 4.32. The second kappa shape index (κ2) is 5.66. The zero-order valence-electron chi connectivity index (χ0n) is 11.5. The Morgan fingerprint density at radius 3 is 2.33 bits per heavy atom.